The SMILES string of the molecule is C1=CC2=CC=CC3=Cc4cpccc4C(=C1)C23. The first-order valence-electron chi connectivity index (χ1n) is 5.86. The molecular weight excluding hydrogens is 223 g/mol. The maximum Gasteiger partial charge on any atom is 0.0346 e. The maximum absolute atomic E-state index is 2.34. The predicted molar refractivity (Wildman–Crippen MR) is 74.8 cm³/mol. The van der Waals surface area contributed by atoms with Crippen molar-refractivity contribution < 1.29 is 0 Å². The zero-order valence-electron chi connectivity index (χ0n) is 9.30. The van der Waals surface area contributed by atoms with Gasteiger partial charge in [0.05, 0.1) is 0 Å². The molecule has 1 heterocycles. The average molecular weight is 234 g/mol. The molecule has 1 atom stereocenters. The summed E-state index contributed by atoms with van der Waals surface area (Å²) in [5.74, 6) is 4.99. The van der Waals surface area contributed by atoms with E-state index in [2.05, 4.69) is 60.2 Å². The van der Waals surface area contributed by atoms with Crippen molar-refractivity contribution in [2.45, 2.75) is 0 Å². The third kappa shape index (κ3) is 1.28. The zero-order chi connectivity index (χ0) is 11.2. The van der Waals surface area contributed by atoms with E-state index in [0.29, 0.717) is 5.92 Å². The fourth-order valence-electron chi connectivity index (χ4n) is 2.87. The Morgan fingerprint density at radius 2 is 1.88 bits per heavy atom. The highest BCUT2D eigenvalue weighted by Crippen LogP contribution is 2.46. The molecule has 1 aromatic rings. The Morgan fingerprint density at radius 1 is 1.00 bits per heavy atom. The molecule has 1 aromatic heterocycles. The van der Waals surface area contributed by atoms with E-state index in [0.717, 1.165) is 0 Å². The van der Waals surface area contributed by atoms with E-state index in [-0.39, 0.29) is 0 Å². The molecule has 0 nitrogen and oxygen atoms in total. The van der Waals surface area contributed by atoms with Crippen molar-refractivity contribution in [2.24, 2.45) is 5.92 Å². The van der Waals surface area contributed by atoms with E-state index < -0.39 is 0 Å². The van der Waals surface area contributed by atoms with Gasteiger partial charge < -0.3 is 0 Å². The molecule has 0 spiro atoms. The first kappa shape index (κ1) is 9.39. The molecule has 1 heteroatoms. The van der Waals surface area contributed by atoms with E-state index in [1.54, 1.807) is 0 Å². The normalized spacial score (nSPS) is 23.8. The number of rotatable bonds is 0. The summed E-state index contributed by atoms with van der Waals surface area (Å²) in [5, 5.41) is 0. The minimum absolute atomic E-state index is 0.469. The molecule has 3 aliphatic rings. The van der Waals surface area contributed by atoms with Crippen LogP contribution in [0.25, 0.3) is 11.6 Å². The van der Waals surface area contributed by atoms with Crippen LogP contribution in [0, 0.1) is 5.92 Å². The Kier molecular flexibility index (Phi) is 1.89. The molecule has 0 saturated carbocycles. The second-order valence-corrected chi connectivity index (χ2v) is 5.40. The average Bonchev–Trinajstić information content (AvgIpc) is 2.39. The first-order chi connectivity index (χ1) is 8.43. The van der Waals surface area contributed by atoms with Crippen LogP contribution in [-0.4, -0.2) is 0 Å². The van der Waals surface area contributed by atoms with Gasteiger partial charge in [-0.15, -0.1) is 0 Å². The van der Waals surface area contributed by atoms with Crippen molar-refractivity contribution in [1.29, 1.82) is 0 Å². The molecule has 0 radical (unpaired) electrons. The summed E-state index contributed by atoms with van der Waals surface area (Å²) in [7, 11) is 1.29. The fraction of sp³-hybridized carbons (Fsp3) is 0.0625. The molecule has 4 rings (SSSR count). The number of allylic oxidation sites excluding steroid dienone is 9. The van der Waals surface area contributed by atoms with Gasteiger partial charge in [0.15, 0.2) is 0 Å². The van der Waals surface area contributed by atoms with Crippen LogP contribution < -0.4 is 0 Å². The van der Waals surface area contributed by atoms with Crippen LogP contribution in [0.2, 0.25) is 0 Å². The molecule has 0 aromatic carbocycles. The summed E-state index contributed by atoms with van der Waals surface area (Å²) in [4.78, 5) is 0. The third-order valence-electron chi connectivity index (χ3n) is 3.60. The third-order valence-corrected chi connectivity index (χ3v) is 4.35. The summed E-state index contributed by atoms with van der Waals surface area (Å²) in [5.41, 5.74) is 7.09. The van der Waals surface area contributed by atoms with Gasteiger partial charge in [-0.2, -0.15) is 0 Å². The Labute approximate surface area is 102 Å². The van der Waals surface area contributed by atoms with Gasteiger partial charge in [0.1, 0.15) is 0 Å². The monoisotopic (exact) mass is 234 g/mol. The Balaban J connectivity index is 2.06. The summed E-state index contributed by atoms with van der Waals surface area (Å²) in [6, 6.07) is 2.27. The van der Waals surface area contributed by atoms with Crippen molar-refractivity contribution in [2.75, 3.05) is 0 Å². The van der Waals surface area contributed by atoms with Crippen molar-refractivity contribution in [3.05, 3.63) is 76.4 Å². The highest BCUT2D eigenvalue weighted by atomic mass is 31.0. The Hall–Kier alpha value is -1.65. The van der Waals surface area contributed by atoms with Crippen LogP contribution in [0.15, 0.2) is 65.3 Å². The predicted octanol–water partition coefficient (Wildman–Crippen LogP) is 4.73. The summed E-state index contributed by atoms with van der Waals surface area (Å²) < 4.78 is 0. The standard InChI is InChI=1S/C16H11P/c1-3-11-4-2-6-15-14-7-8-17-10-13(14)9-12(5-1)16(11)15/h1-10,16H. The Morgan fingerprint density at radius 3 is 2.88 bits per heavy atom. The topological polar surface area (TPSA) is 0 Å². The second-order valence-electron chi connectivity index (χ2n) is 4.55. The molecule has 0 bridgehead atoms. The highest BCUT2D eigenvalue weighted by molar-refractivity contribution is 7.28. The molecule has 0 amide bonds. The first-order valence-corrected chi connectivity index (χ1v) is 6.89. The van der Waals surface area contributed by atoms with E-state index in [1.807, 2.05) is 0 Å². The van der Waals surface area contributed by atoms with Gasteiger partial charge in [0.25, 0.3) is 0 Å². The molecule has 0 aliphatic heterocycles. The largest absolute Gasteiger partial charge is 0.0758 e. The minimum Gasteiger partial charge on any atom is -0.0758 e. The summed E-state index contributed by atoms with van der Waals surface area (Å²) in [6.07, 6.45) is 15.6. The van der Waals surface area contributed by atoms with Gasteiger partial charge in [-0.3, -0.25) is 0 Å². The molecular formula is C16H11P. The fourth-order valence-corrected chi connectivity index (χ4v) is 3.56. The minimum atomic E-state index is 0.469. The quantitative estimate of drug-likeness (QED) is 0.608. The second kappa shape index (κ2) is 3.42. The van der Waals surface area contributed by atoms with Crippen LogP contribution in [0.4, 0.5) is 0 Å². The van der Waals surface area contributed by atoms with E-state index in [1.165, 1.54) is 36.0 Å². The van der Waals surface area contributed by atoms with Crippen molar-refractivity contribution >= 4 is 19.8 Å². The van der Waals surface area contributed by atoms with E-state index in [9.17, 15) is 0 Å². The summed E-state index contributed by atoms with van der Waals surface area (Å²) >= 11 is 0. The van der Waals surface area contributed by atoms with E-state index in [4.69, 9.17) is 0 Å². The van der Waals surface area contributed by atoms with Crippen LogP contribution in [0.1, 0.15) is 11.1 Å². The number of fused-ring (bicyclic) bond motifs is 2. The lowest BCUT2D eigenvalue weighted by atomic mass is 9.72. The molecule has 17 heavy (non-hydrogen) atoms. The van der Waals surface area contributed by atoms with Crippen molar-refractivity contribution in [3.63, 3.8) is 0 Å². The van der Waals surface area contributed by atoms with Crippen LogP contribution in [0.3, 0.4) is 0 Å². The number of hydrogen-bond donors (Lipinski definition) is 0. The molecule has 80 valence electrons. The molecule has 0 N–H and O–H groups in total. The van der Waals surface area contributed by atoms with Gasteiger partial charge >= 0.3 is 0 Å². The number of hydrogen-bond acceptors (Lipinski definition) is 0. The van der Waals surface area contributed by atoms with Gasteiger partial charge in [0, 0.05) is 5.92 Å². The highest BCUT2D eigenvalue weighted by Gasteiger charge is 2.29. The van der Waals surface area contributed by atoms with Crippen LogP contribution in [0.5, 0.6) is 0 Å². The van der Waals surface area contributed by atoms with Gasteiger partial charge in [-0.05, 0) is 51.6 Å². The van der Waals surface area contributed by atoms with Gasteiger partial charge in [0.2, 0.25) is 0 Å². The lowest BCUT2D eigenvalue weighted by Crippen LogP contribution is -2.16. The lowest BCUT2D eigenvalue weighted by molar-refractivity contribution is 0.953. The smallest absolute Gasteiger partial charge is 0.0346 e. The van der Waals surface area contributed by atoms with E-state index >= 15 is 0 Å². The molecule has 3 aliphatic carbocycles. The van der Waals surface area contributed by atoms with Crippen molar-refractivity contribution in [3.8, 4) is 0 Å². The van der Waals surface area contributed by atoms with Crippen molar-refractivity contribution in [1.82, 2.24) is 0 Å². The zero-order valence-corrected chi connectivity index (χ0v) is 10.2. The summed E-state index contributed by atoms with van der Waals surface area (Å²) in [6.45, 7) is 0. The van der Waals surface area contributed by atoms with Crippen LogP contribution >= 0.6 is 8.19 Å². The van der Waals surface area contributed by atoms with Gasteiger partial charge in [-0.1, -0.05) is 44.6 Å². The van der Waals surface area contributed by atoms with Crippen LogP contribution in [-0.2, 0) is 0 Å². The molecule has 0 fully saturated rings. The molecule has 0 saturated heterocycles. The lowest BCUT2D eigenvalue weighted by Gasteiger charge is -2.32. The Bertz CT molecular complexity index is 654. The molecule has 1 unspecified atom stereocenters. The van der Waals surface area contributed by atoms with Gasteiger partial charge in [-0.25, -0.2) is 0 Å². The maximum atomic E-state index is 2.34.